The molecule has 32 heavy (non-hydrogen) atoms. The van der Waals surface area contributed by atoms with E-state index >= 15 is 0 Å². The summed E-state index contributed by atoms with van der Waals surface area (Å²) in [6, 6.07) is 11.0. The smallest absolute Gasteiger partial charge is 0.324 e. The van der Waals surface area contributed by atoms with Crippen molar-refractivity contribution in [2.75, 3.05) is 0 Å². The molecule has 0 bridgehead atoms. The average Bonchev–Trinajstić information content (AvgIpc) is 3.04. The zero-order valence-electron chi connectivity index (χ0n) is 18.4. The van der Waals surface area contributed by atoms with E-state index in [0.717, 1.165) is 30.3 Å². The Morgan fingerprint density at radius 2 is 1.72 bits per heavy atom. The SMILES string of the molecule is Cc1cc(Cl)c2cc(C(=O)NC(C)c3ccc(S(=O)(=O)C(C)(C)C(=O)O)cc3)n(C)c2c1. The van der Waals surface area contributed by atoms with Gasteiger partial charge in [-0.05, 0) is 69.2 Å². The van der Waals surface area contributed by atoms with Crippen LogP contribution in [0, 0.1) is 6.92 Å². The van der Waals surface area contributed by atoms with E-state index in [4.69, 9.17) is 11.6 Å². The summed E-state index contributed by atoms with van der Waals surface area (Å²) in [4.78, 5) is 24.2. The van der Waals surface area contributed by atoms with Crippen molar-refractivity contribution in [1.29, 1.82) is 0 Å². The van der Waals surface area contributed by atoms with Crippen LogP contribution in [0.2, 0.25) is 5.02 Å². The summed E-state index contributed by atoms with van der Waals surface area (Å²) < 4.78 is 25.1. The van der Waals surface area contributed by atoms with Crippen molar-refractivity contribution in [2.24, 2.45) is 7.05 Å². The molecular weight excluding hydrogens is 452 g/mol. The second-order valence-electron chi connectivity index (χ2n) is 8.35. The number of benzene rings is 2. The minimum Gasteiger partial charge on any atom is -0.480 e. The van der Waals surface area contributed by atoms with Gasteiger partial charge in [-0.2, -0.15) is 0 Å². The number of rotatable bonds is 6. The Morgan fingerprint density at radius 3 is 2.28 bits per heavy atom. The van der Waals surface area contributed by atoms with Crippen LogP contribution in [-0.4, -0.2) is 34.7 Å². The highest BCUT2D eigenvalue weighted by Crippen LogP contribution is 2.29. The number of hydrogen-bond acceptors (Lipinski definition) is 4. The Balaban J connectivity index is 1.84. The largest absolute Gasteiger partial charge is 0.480 e. The lowest BCUT2D eigenvalue weighted by molar-refractivity contribution is -0.139. The number of carbonyl (C=O) groups is 2. The van der Waals surface area contributed by atoms with Crippen LogP contribution in [0.25, 0.3) is 10.9 Å². The fraction of sp³-hybridized carbons (Fsp3) is 0.304. The van der Waals surface area contributed by atoms with Gasteiger partial charge >= 0.3 is 5.97 Å². The zero-order valence-corrected chi connectivity index (χ0v) is 20.0. The number of sulfone groups is 1. The molecule has 2 N–H and O–H groups in total. The molecule has 170 valence electrons. The van der Waals surface area contributed by atoms with Crippen LogP contribution in [0.4, 0.5) is 0 Å². The third kappa shape index (κ3) is 4.00. The molecule has 0 aliphatic heterocycles. The van der Waals surface area contributed by atoms with E-state index in [1.165, 1.54) is 12.1 Å². The van der Waals surface area contributed by atoms with E-state index in [0.29, 0.717) is 16.3 Å². The predicted molar refractivity (Wildman–Crippen MR) is 124 cm³/mol. The first-order chi connectivity index (χ1) is 14.8. The molecule has 2 aromatic carbocycles. The Kier molecular flexibility index (Phi) is 6.14. The monoisotopic (exact) mass is 476 g/mol. The van der Waals surface area contributed by atoms with Gasteiger partial charge in [-0.3, -0.25) is 9.59 Å². The molecule has 0 saturated heterocycles. The number of carboxylic acid groups (broad SMARTS) is 1. The highest BCUT2D eigenvalue weighted by Gasteiger charge is 2.43. The Hall–Kier alpha value is -2.84. The van der Waals surface area contributed by atoms with Crippen LogP contribution < -0.4 is 5.32 Å². The highest BCUT2D eigenvalue weighted by atomic mass is 35.5. The number of carbonyl (C=O) groups excluding carboxylic acids is 1. The molecule has 1 heterocycles. The van der Waals surface area contributed by atoms with Gasteiger partial charge in [0.15, 0.2) is 14.6 Å². The third-order valence-electron chi connectivity index (χ3n) is 5.71. The van der Waals surface area contributed by atoms with Crippen molar-refractivity contribution in [2.45, 2.75) is 43.4 Å². The van der Waals surface area contributed by atoms with Gasteiger partial charge in [0.25, 0.3) is 5.91 Å². The molecule has 0 spiro atoms. The molecule has 1 unspecified atom stereocenters. The molecule has 1 atom stereocenters. The Labute approximate surface area is 191 Å². The van der Waals surface area contributed by atoms with Crippen molar-refractivity contribution in [3.63, 3.8) is 0 Å². The normalized spacial score (nSPS) is 13.2. The maximum Gasteiger partial charge on any atom is 0.324 e. The van der Waals surface area contributed by atoms with Crippen molar-refractivity contribution in [3.8, 4) is 0 Å². The van der Waals surface area contributed by atoms with Crippen LogP contribution >= 0.6 is 11.6 Å². The topological polar surface area (TPSA) is 105 Å². The van der Waals surface area contributed by atoms with E-state index in [1.54, 1.807) is 36.7 Å². The molecule has 0 aliphatic carbocycles. The van der Waals surface area contributed by atoms with Gasteiger partial charge in [-0.15, -0.1) is 0 Å². The molecule has 3 aromatic rings. The van der Waals surface area contributed by atoms with Gasteiger partial charge in [0.05, 0.1) is 21.5 Å². The van der Waals surface area contributed by atoms with Crippen molar-refractivity contribution < 1.29 is 23.1 Å². The van der Waals surface area contributed by atoms with Crippen LogP contribution in [0.5, 0.6) is 0 Å². The fourth-order valence-electron chi connectivity index (χ4n) is 3.44. The van der Waals surface area contributed by atoms with Crippen LogP contribution in [0.15, 0.2) is 47.4 Å². The lowest BCUT2D eigenvalue weighted by Gasteiger charge is -2.20. The van der Waals surface area contributed by atoms with Crippen LogP contribution in [0.1, 0.15) is 48.4 Å². The van der Waals surface area contributed by atoms with Gasteiger partial charge in [0, 0.05) is 12.4 Å². The molecule has 0 radical (unpaired) electrons. The standard InChI is InChI=1S/C23H25ClN2O5S/c1-13-10-18(24)17-12-20(26(5)19(17)11-13)21(27)25-14(2)15-6-8-16(9-7-15)32(30,31)23(3,4)22(28)29/h6-12,14H,1-5H3,(H,25,27)(H,28,29). The van der Waals surface area contributed by atoms with Gasteiger partial charge in [0.2, 0.25) is 0 Å². The second kappa shape index (κ2) is 8.26. The predicted octanol–water partition coefficient (Wildman–Crippen LogP) is 4.27. The van der Waals surface area contributed by atoms with Crippen molar-refractivity contribution in [3.05, 3.63) is 64.3 Å². The van der Waals surface area contributed by atoms with Gasteiger partial charge in [-0.1, -0.05) is 23.7 Å². The number of halogens is 1. The summed E-state index contributed by atoms with van der Waals surface area (Å²) in [5.74, 6) is -1.72. The van der Waals surface area contributed by atoms with Gasteiger partial charge < -0.3 is 15.0 Å². The van der Waals surface area contributed by atoms with E-state index in [9.17, 15) is 23.1 Å². The number of hydrogen-bond donors (Lipinski definition) is 2. The molecule has 0 aliphatic rings. The second-order valence-corrected chi connectivity index (χ2v) is 11.3. The number of fused-ring (bicyclic) bond motifs is 1. The number of aryl methyl sites for hydroxylation is 2. The summed E-state index contributed by atoms with van der Waals surface area (Å²) in [5, 5.41) is 13.5. The molecule has 1 amide bonds. The first kappa shape index (κ1) is 23.8. The Bertz CT molecular complexity index is 1320. The lowest BCUT2D eigenvalue weighted by Crippen LogP contribution is -2.40. The number of nitrogens with zero attached hydrogens (tertiary/aromatic N) is 1. The number of carboxylic acids is 1. The number of aliphatic carboxylic acids is 1. The maximum atomic E-state index is 12.9. The minimum atomic E-state index is -4.08. The maximum absolute atomic E-state index is 12.9. The number of amides is 1. The van der Waals surface area contributed by atoms with Crippen LogP contribution in [0.3, 0.4) is 0 Å². The molecule has 9 heteroatoms. The number of aromatic nitrogens is 1. The molecular formula is C23H25ClN2O5S. The third-order valence-corrected chi connectivity index (χ3v) is 8.44. The average molecular weight is 477 g/mol. The van der Waals surface area contributed by atoms with E-state index < -0.39 is 26.6 Å². The Morgan fingerprint density at radius 1 is 1.12 bits per heavy atom. The molecule has 7 nitrogen and oxygen atoms in total. The summed E-state index contributed by atoms with van der Waals surface area (Å²) in [6.45, 7) is 6.02. The van der Waals surface area contributed by atoms with Crippen LogP contribution in [-0.2, 0) is 21.7 Å². The highest BCUT2D eigenvalue weighted by molar-refractivity contribution is 7.93. The molecule has 0 fully saturated rings. The van der Waals surface area contributed by atoms with Gasteiger partial charge in [-0.25, -0.2) is 8.42 Å². The molecule has 1 aromatic heterocycles. The first-order valence-electron chi connectivity index (χ1n) is 9.91. The summed E-state index contributed by atoms with van der Waals surface area (Å²) in [5.41, 5.74) is 2.97. The molecule has 3 rings (SSSR count). The summed E-state index contributed by atoms with van der Waals surface area (Å²) in [7, 11) is -2.28. The quantitative estimate of drug-likeness (QED) is 0.552. The van der Waals surface area contributed by atoms with Crippen molar-refractivity contribution >= 4 is 44.2 Å². The zero-order chi connectivity index (χ0) is 24.0. The van der Waals surface area contributed by atoms with E-state index in [1.807, 2.05) is 19.1 Å². The summed E-state index contributed by atoms with van der Waals surface area (Å²) >= 11 is 6.33. The fourth-order valence-corrected chi connectivity index (χ4v) is 5.07. The van der Waals surface area contributed by atoms with Crippen molar-refractivity contribution in [1.82, 2.24) is 9.88 Å². The number of nitrogens with one attached hydrogen (secondary N) is 1. The summed E-state index contributed by atoms with van der Waals surface area (Å²) in [6.07, 6.45) is 0. The van der Waals surface area contributed by atoms with E-state index in [2.05, 4.69) is 5.32 Å². The molecule has 0 saturated carbocycles. The van der Waals surface area contributed by atoms with Gasteiger partial charge in [0.1, 0.15) is 5.69 Å². The van der Waals surface area contributed by atoms with E-state index in [-0.39, 0.29) is 10.8 Å². The minimum absolute atomic E-state index is 0.0918. The first-order valence-corrected chi connectivity index (χ1v) is 11.8. The lowest BCUT2D eigenvalue weighted by atomic mass is 10.1.